The molecule has 10 aromatic carbocycles. The van der Waals surface area contributed by atoms with Crippen LogP contribution in [0.2, 0.25) is 0 Å². The van der Waals surface area contributed by atoms with Gasteiger partial charge in [-0.05, 0) is 103 Å². The Morgan fingerprint density at radius 1 is 0.304 bits per heavy atom. The second-order valence-electron chi connectivity index (χ2n) is 14.5. The Bertz CT molecular complexity index is 3110. The highest BCUT2D eigenvalue weighted by Crippen LogP contribution is 2.44. The first-order valence-electron chi connectivity index (χ1n) is 19.2. The minimum atomic E-state index is 0.883. The molecule has 2 heteroatoms. The molecule has 1 heterocycles. The van der Waals surface area contributed by atoms with Gasteiger partial charge in [-0.1, -0.05) is 164 Å². The van der Waals surface area contributed by atoms with Crippen molar-refractivity contribution in [2.45, 2.75) is 0 Å². The van der Waals surface area contributed by atoms with E-state index in [9.17, 15) is 0 Å². The molecule has 1 aromatic heterocycles. The third-order valence-electron chi connectivity index (χ3n) is 11.3. The van der Waals surface area contributed by atoms with Gasteiger partial charge in [0.15, 0.2) is 0 Å². The van der Waals surface area contributed by atoms with E-state index in [4.69, 9.17) is 4.42 Å². The van der Waals surface area contributed by atoms with Crippen LogP contribution in [-0.2, 0) is 0 Å². The van der Waals surface area contributed by atoms with Crippen LogP contribution in [0.1, 0.15) is 0 Å². The lowest BCUT2D eigenvalue weighted by Gasteiger charge is -2.28. The Kier molecular flexibility index (Phi) is 7.53. The molecule has 2 nitrogen and oxygen atoms in total. The average Bonchev–Trinajstić information content (AvgIpc) is 3.65. The molecule has 0 radical (unpaired) electrons. The van der Waals surface area contributed by atoms with Crippen LogP contribution in [0.3, 0.4) is 0 Å². The topological polar surface area (TPSA) is 16.4 Å². The minimum absolute atomic E-state index is 0.883. The monoisotopic (exact) mass is 713 g/mol. The molecule has 0 fully saturated rings. The summed E-state index contributed by atoms with van der Waals surface area (Å²) in [5.74, 6) is 0. The lowest BCUT2D eigenvalue weighted by molar-refractivity contribution is 0.673. The zero-order valence-electron chi connectivity index (χ0n) is 30.6. The summed E-state index contributed by atoms with van der Waals surface area (Å²) >= 11 is 0. The molecule has 262 valence electrons. The van der Waals surface area contributed by atoms with E-state index in [1.807, 2.05) is 0 Å². The summed E-state index contributed by atoms with van der Waals surface area (Å²) in [6, 6.07) is 76.5. The van der Waals surface area contributed by atoms with Crippen molar-refractivity contribution in [2.75, 3.05) is 4.90 Å². The number of fused-ring (bicyclic) bond motifs is 7. The van der Waals surface area contributed by atoms with Crippen LogP contribution in [0, 0.1) is 0 Å². The predicted octanol–water partition coefficient (Wildman–Crippen LogP) is 15.5. The average molecular weight is 714 g/mol. The molecule has 0 aliphatic heterocycles. The Morgan fingerprint density at radius 3 is 1.39 bits per heavy atom. The molecule has 0 atom stereocenters. The number of benzene rings is 10. The lowest BCUT2D eigenvalue weighted by Crippen LogP contribution is -2.11. The molecule has 0 bridgehead atoms. The van der Waals surface area contributed by atoms with E-state index in [1.165, 1.54) is 49.2 Å². The first-order valence-corrected chi connectivity index (χ1v) is 19.2. The molecule has 0 saturated carbocycles. The summed E-state index contributed by atoms with van der Waals surface area (Å²) in [4.78, 5) is 2.38. The Hall–Kier alpha value is -7.42. The Balaban J connectivity index is 1.06. The highest BCUT2D eigenvalue weighted by molar-refractivity contribution is 6.15. The van der Waals surface area contributed by atoms with Gasteiger partial charge in [-0.2, -0.15) is 0 Å². The van der Waals surface area contributed by atoms with Gasteiger partial charge < -0.3 is 9.32 Å². The molecule has 0 saturated heterocycles. The minimum Gasteiger partial charge on any atom is -0.455 e. The second-order valence-corrected chi connectivity index (χ2v) is 14.5. The van der Waals surface area contributed by atoms with Crippen molar-refractivity contribution in [3.8, 4) is 33.4 Å². The van der Waals surface area contributed by atoms with Crippen LogP contribution in [-0.4, -0.2) is 0 Å². The third-order valence-corrected chi connectivity index (χ3v) is 11.3. The van der Waals surface area contributed by atoms with Gasteiger partial charge >= 0.3 is 0 Å². The summed E-state index contributed by atoms with van der Waals surface area (Å²) in [5, 5.41) is 9.56. The molecule has 0 unspecified atom stereocenters. The van der Waals surface area contributed by atoms with Gasteiger partial charge in [0.2, 0.25) is 0 Å². The van der Waals surface area contributed by atoms with Crippen LogP contribution >= 0.6 is 0 Å². The fourth-order valence-corrected chi connectivity index (χ4v) is 8.55. The molecule has 56 heavy (non-hydrogen) atoms. The number of hydrogen-bond donors (Lipinski definition) is 0. The third kappa shape index (κ3) is 5.34. The van der Waals surface area contributed by atoms with E-state index in [1.54, 1.807) is 0 Å². The molecular formula is C54H35NO. The summed E-state index contributed by atoms with van der Waals surface area (Å²) in [6.07, 6.45) is 0. The number of rotatable bonds is 6. The van der Waals surface area contributed by atoms with E-state index < -0.39 is 0 Å². The zero-order valence-corrected chi connectivity index (χ0v) is 30.6. The summed E-state index contributed by atoms with van der Waals surface area (Å²) in [6.45, 7) is 0. The fraction of sp³-hybridized carbons (Fsp3) is 0. The van der Waals surface area contributed by atoms with Gasteiger partial charge in [0.05, 0.1) is 5.69 Å². The lowest BCUT2D eigenvalue weighted by atomic mass is 9.96. The summed E-state index contributed by atoms with van der Waals surface area (Å²) < 4.78 is 6.66. The number of anilines is 3. The van der Waals surface area contributed by atoms with Crippen LogP contribution in [0.15, 0.2) is 217 Å². The van der Waals surface area contributed by atoms with Crippen LogP contribution < -0.4 is 4.90 Å². The summed E-state index contributed by atoms with van der Waals surface area (Å²) in [7, 11) is 0. The predicted molar refractivity (Wildman–Crippen MR) is 237 cm³/mol. The number of para-hydroxylation sites is 1. The molecule has 0 N–H and O–H groups in total. The zero-order chi connectivity index (χ0) is 37.0. The largest absolute Gasteiger partial charge is 0.455 e. The van der Waals surface area contributed by atoms with E-state index >= 15 is 0 Å². The molecule has 11 aromatic rings. The van der Waals surface area contributed by atoms with Crippen LogP contribution in [0.25, 0.3) is 87.6 Å². The molecule has 0 amide bonds. The highest BCUT2D eigenvalue weighted by Gasteiger charge is 2.19. The van der Waals surface area contributed by atoms with Crippen molar-refractivity contribution in [3.63, 3.8) is 0 Å². The second kappa shape index (κ2) is 13.2. The van der Waals surface area contributed by atoms with Crippen molar-refractivity contribution >= 4 is 71.3 Å². The molecule has 0 spiro atoms. The Labute approximate surface area is 325 Å². The van der Waals surface area contributed by atoms with Crippen molar-refractivity contribution in [3.05, 3.63) is 212 Å². The normalized spacial score (nSPS) is 11.6. The van der Waals surface area contributed by atoms with Crippen LogP contribution in [0.5, 0.6) is 0 Å². The van der Waals surface area contributed by atoms with Crippen molar-refractivity contribution in [1.82, 2.24) is 0 Å². The van der Waals surface area contributed by atoms with E-state index in [0.29, 0.717) is 0 Å². The molecule has 11 rings (SSSR count). The maximum atomic E-state index is 6.66. The Morgan fingerprint density at radius 2 is 0.768 bits per heavy atom. The van der Waals surface area contributed by atoms with Gasteiger partial charge in [-0.15, -0.1) is 0 Å². The van der Waals surface area contributed by atoms with Crippen molar-refractivity contribution < 1.29 is 4.42 Å². The maximum Gasteiger partial charge on any atom is 0.143 e. The standard InChI is InChI=1S/C54H35NO/c1-4-16-44-36(11-1)14-9-20-46(44)39-23-29-42(30-24-39)55(43-31-25-40(26-32-43)47-21-10-15-37-12-2-5-17-45(37)47)52-22-8-7-18-48(52)41-28-33-50-51-34-27-38-13-3-6-19-49(38)54(51)56-53(50)35-41/h1-35H. The van der Waals surface area contributed by atoms with Gasteiger partial charge in [0.25, 0.3) is 0 Å². The number of nitrogens with zero attached hydrogens (tertiary/aromatic N) is 1. The number of furan rings is 1. The number of hydrogen-bond acceptors (Lipinski definition) is 2. The quantitative estimate of drug-likeness (QED) is 0.171. The summed E-state index contributed by atoms with van der Waals surface area (Å²) in [5.41, 5.74) is 12.1. The molecular weight excluding hydrogens is 679 g/mol. The van der Waals surface area contributed by atoms with Gasteiger partial charge in [0, 0.05) is 33.1 Å². The van der Waals surface area contributed by atoms with Gasteiger partial charge in [0.1, 0.15) is 11.2 Å². The SMILES string of the molecule is c1ccc(N(c2ccc(-c3cccc4ccccc34)cc2)c2ccc(-c3cccc4ccccc34)cc2)c(-c2ccc3c(c2)oc2c4ccccc4ccc32)c1. The van der Waals surface area contributed by atoms with E-state index in [2.05, 4.69) is 217 Å². The first-order chi connectivity index (χ1) is 27.8. The first kappa shape index (κ1) is 32.0. The van der Waals surface area contributed by atoms with Gasteiger partial charge in [-0.25, -0.2) is 0 Å². The smallest absolute Gasteiger partial charge is 0.143 e. The van der Waals surface area contributed by atoms with E-state index in [-0.39, 0.29) is 0 Å². The van der Waals surface area contributed by atoms with Crippen molar-refractivity contribution in [1.29, 1.82) is 0 Å². The van der Waals surface area contributed by atoms with Crippen LogP contribution in [0.4, 0.5) is 17.1 Å². The fourth-order valence-electron chi connectivity index (χ4n) is 8.55. The highest BCUT2D eigenvalue weighted by atomic mass is 16.3. The maximum absolute atomic E-state index is 6.66. The van der Waals surface area contributed by atoms with Crippen molar-refractivity contribution in [2.24, 2.45) is 0 Å². The van der Waals surface area contributed by atoms with Gasteiger partial charge in [-0.3, -0.25) is 0 Å². The molecule has 0 aliphatic carbocycles. The van der Waals surface area contributed by atoms with E-state index in [0.717, 1.165) is 55.5 Å². The molecule has 0 aliphatic rings.